The molecule has 2 aromatic rings. The lowest BCUT2D eigenvalue weighted by atomic mass is 10.1. The van der Waals surface area contributed by atoms with Gasteiger partial charge in [-0.3, -0.25) is 0 Å². The SMILES string of the molecule is CCNC(=NCc1ccc(N2CCC(O)CC2)c(F)c1)NC(C)c1ccccc1. The minimum atomic E-state index is -0.266. The summed E-state index contributed by atoms with van der Waals surface area (Å²) in [7, 11) is 0. The highest BCUT2D eigenvalue weighted by Gasteiger charge is 2.19. The van der Waals surface area contributed by atoms with Crippen molar-refractivity contribution >= 4 is 11.6 Å². The molecule has 3 rings (SSSR count). The Labute approximate surface area is 172 Å². The van der Waals surface area contributed by atoms with Gasteiger partial charge >= 0.3 is 0 Å². The summed E-state index contributed by atoms with van der Waals surface area (Å²) in [6.07, 6.45) is 1.10. The molecule has 0 aromatic heterocycles. The third-order valence-corrected chi connectivity index (χ3v) is 5.23. The van der Waals surface area contributed by atoms with Crippen molar-refractivity contribution in [3.05, 3.63) is 65.5 Å². The van der Waals surface area contributed by atoms with Gasteiger partial charge in [-0.05, 0) is 49.9 Å². The largest absolute Gasteiger partial charge is 0.393 e. The number of benzene rings is 2. The second kappa shape index (κ2) is 10.3. The van der Waals surface area contributed by atoms with Crippen LogP contribution in [0.4, 0.5) is 10.1 Å². The number of piperidine rings is 1. The van der Waals surface area contributed by atoms with Crippen molar-refractivity contribution in [1.29, 1.82) is 0 Å². The van der Waals surface area contributed by atoms with Crippen LogP contribution in [0.15, 0.2) is 53.5 Å². The third-order valence-electron chi connectivity index (χ3n) is 5.23. The van der Waals surface area contributed by atoms with Gasteiger partial charge in [-0.25, -0.2) is 9.38 Å². The Balaban J connectivity index is 1.65. The molecule has 3 N–H and O–H groups in total. The second-order valence-corrected chi connectivity index (χ2v) is 7.48. The molecule has 2 aromatic carbocycles. The van der Waals surface area contributed by atoms with Crippen LogP contribution in [0.1, 0.15) is 43.9 Å². The van der Waals surface area contributed by atoms with Crippen molar-refractivity contribution in [2.75, 3.05) is 24.5 Å². The fourth-order valence-corrected chi connectivity index (χ4v) is 3.53. The van der Waals surface area contributed by atoms with E-state index in [1.165, 1.54) is 5.56 Å². The van der Waals surface area contributed by atoms with Crippen LogP contribution in [-0.4, -0.2) is 36.8 Å². The Morgan fingerprint density at radius 2 is 1.93 bits per heavy atom. The number of rotatable bonds is 6. The summed E-state index contributed by atoms with van der Waals surface area (Å²) in [6.45, 7) is 6.62. The molecule has 1 fully saturated rings. The van der Waals surface area contributed by atoms with Crippen LogP contribution < -0.4 is 15.5 Å². The minimum absolute atomic E-state index is 0.113. The number of hydrogen-bond acceptors (Lipinski definition) is 3. The van der Waals surface area contributed by atoms with Crippen molar-refractivity contribution < 1.29 is 9.50 Å². The summed E-state index contributed by atoms with van der Waals surface area (Å²) in [6, 6.07) is 15.6. The predicted octanol–water partition coefficient (Wildman–Crippen LogP) is 3.60. The molecule has 1 unspecified atom stereocenters. The third kappa shape index (κ3) is 5.94. The first-order valence-corrected chi connectivity index (χ1v) is 10.4. The van der Waals surface area contributed by atoms with Gasteiger partial charge in [0.1, 0.15) is 5.82 Å². The molecule has 29 heavy (non-hydrogen) atoms. The van der Waals surface area contributed by atoms with Crippen molar-refractivity contribution in [3.8, 4) is 0 Å². The van der Waals surface area contributed by atoms with E-state index < -0.39 is 0 Å². The lowest BCUT2D eigenvalue weighted by Crippen LogP contribution is -2.38. The average molecular weight is 399 g/mol. The van der Waals surface area contributed by atoms with E-state index >= 15 is 0 Å². The Hall–Kier alpha value is -2.60. The summed E-state index contributed by atoms with van der Waals surface area (Å²) in [5, 5.41) is 16.3. The van der Waals surface area contributed by atoms with E-state index in [1.807, 2.05) is 42.2 Å². The summed E-state index contributed by atoms with van der Waals surface area (Å²) in [5.41, 5.74) is 2.61. The second-order valence-electron chi connectivity index (χ2n) is 7.48. The van der Waals surface area contributed by atoms with Crippen LogP contribution in [0.25, 0.3) is 0 Å². The molecule has 0 bridgehead atoms. The maximum atomic E-state index is 14.7. The fourth-order valence-electron chi connectivity index (χ4n) is 3.53. The van der Waals surface area contributed by atoms with E-state index in [-0.39, 0.29) is 18.0 Å². The molecule has 156 valence electrons. The van der Waals surface area contributed by atoms with Gasteiger partial charge in [0.2, 0.25) is 0 Å². The highest BCUT2D eigenvalue weighted by Crippen LogP contribution is 2.24. The maximum Gasteiger partial charge on any atom is 0.192 e. The van der Waals surface area contributed by atoms with Gasteiger partial charge < -0.3 is 20.6 Å². The molecule has 1 atom stereocenters. The van der Waals surface area contributed by atoms with Gasteiger partial charge in [0, 0.05) is 19.6 Å². The molecular weight excluding hydrogens is 367 g/mol. The number of nitrogens with one attached hydrogen (secondary N) is 2. The van der Waals surface area contributed by atoms with Gasteiger partial charge in [-0.2, -0.15) is 0 Å². The van der Waals surface area contributed by atoms with Crippen molar-refractivity contribution in [1.82, 2.24) is 10.6 Å². The predicted molar refractivity (Wildman–Crippen MR) is 117 cm³/mol. The monoisotopic (exact) mass is 398 g/mol. The highest BCUT2D eigenvalue weighted by molar-refractivity contribution is 5.80. The molecule has 0 radical (unpaired) electrons. The molecule has 1 saturated heterocycles. The smallest absolute Gasteiger partial charge is 0.192 e. The number of aliphatic hydroxyl groups is 1. The summed E-state index contributed by atoms with van der Waals surface area (Å²) < 4.78 is 14.7. The normalized spacial score (nSPS) is 16.6. The van der Waals surface area contributed by atoms with Gasteiger partial charge in [-0.1, -0.05) is 36.4 Å². The quantitative estimate of drug-likeness (QED) is 0.514. The van der Waals surface area contributed by atoms with Crippen molar-refractivity contribution in [2.24, 2.45) is 4.99 Å². The number of guanidine groups is 1. The van der Waals surface area contributed by atoms with Gasteiger partial charge in [0.05, 0.1) is 24.4 Å². The number of nitrogens with zero attached hydrogens (tertiary/aromatic N) is 2. The van der Waals surface area contributed by atoms with E-state index in [1.54, 1.807) is 6.07 Å². The molecule has 5 nitrogen and oxygen atoms in total. The first kappa shape index (κ1) is 21.1. The topological polar surface area (TPSA) is 59.9 Å². The zero-order valence-electron chi connectivity index (χ0n) is 17.2. The fraction of sp³-hybridized carbons (Fsp3) is 0.435. The first-order valence-electron chi connectivity index (χ1n) is 10.4. The summed E-state index contributed by atoms with van der Waals surface area (Å²) in [4.78, 5) is 6.63. The van der Waals surface area contributed by atoms with Crippen LogP contribution in [0.2, 0.25) is 0 Å². The number of aliphatic imine (C=N–C) groups is 1. The molecular formula is C23H31FN4O. The Morgan fingerprint density at radius 1 is 1.21 bits per heavy atom. The van der Waals surface area contributed by atoms with Gasteiger partial charge in [0.15, 0.2) is 5.96 Å². The van der Waals surface area contributed by atoms with Crippen LogP contribution in [0, 0.1) is 5.82 Å². The molecule has 0 aliphatic carbocycles. The first-order chi connectivity index (χ1) is 14.1. The molecule has 1 aliphatic heterocycles. The zero-order chi connectivity index (χ0) is 20.6. The van der Waals surface area contributed by atoms with Gasteiger partial charge in [-0.15, -0.1) is 0 Å². The highest BCUT2D eigenvalue weighted by atomic mass is 19.1. The average Bonchev–Trinajstić information content (AvgIpc) is 2.74. The zero-order valence-corrected chi connectivity index (χ0v) is 17.2. The van der Waals surface area contributed by atoms with Crippen molar-refractivity contribution in [3.63, 3.8) is 0 Å². The van der Waals surface area contributed by atoms with E-state index in [0.717, 1.165) is 12.1 Å². The molecule has 1 aliphatic rings. The van der Waals surface area contributed by atoms with E-state index in [0.29, 0.717) is 44.1 Å². The molecule has 6 heteroatoms. The van der Waals surface area contributed by atoms with E-state index in [4.69, 9.17) is 0 Å². The molecule has 0 amide bonds. The van der Waals surface area contributed by atoms with Crippen LogP contribution >= 0.6 is 0 Å². The Kier molecular flexibility index (Phi) is 7.47. The molecule has 1 heterocycles. The number of hydrogen-bond donors (Lipinski definition) is 3. The van der Waals surface area contributed by atoms with Crippen LogP contribution in [0.3, 0.4) is 0 Å². The standard InChI is InChI=1S/C23H31FN4O/c1-3-25-23(27-17(2)19-7-5-4-6-8-19)26-16-18-9-10-22(21(24)15-18)28-13-11-20(29)12-14-28/h4-10,15,17,20,29H,3,11-14,16H2,1-2H3,(H2,25,26,27). The van der Waals surface area contributed by atoms with Gasteiger partial charge in [0.25, 0.3) is 0 Å². The minimum Gasteiger partial charge on any atom is -0.393 e. The molecule has 0 saturated carbocycles. The van der Waals surface area contributed by atoms with E-state index in [9.17, 15) is 9.50 Å². The molecule has 0 spiro atoms. The lowest BCUT2D eigenvalue weighted by Gasteiger charge is -2.31. The van der Waals surface area contributed by atoms with Crippen LogP contribution in [0.5, 0.6) is 0 Å². The maximum absolute atomic E-state index is 14.7. The van der Waals surface area contributed by atoms with E-state index in [2.05, 4.69) is 34.7 Å². The number of anilines is 1. The number of halogens is 1. The Bertz CT molecular complexity index is 804. The Morgan fingerprint density at radius 3 is 2.59 bits per heavy atom. The summed E-state index contributed by atoms with van der Waals surface area (Å²) >= 11 is 0. The lowest BCUT2D eigenvalue weighted by molar-refractivity contribution is 0.145. The summed E-state index contributed by atoms with van der Waals surface area (Å²) in [5.74, 6) is 0.475. The number of aliphatic hydroxyl groups excluding tert-OH is 1. The van der Waals surface area contributed by atoms with Crippen LogP contribution in [-0.2, 0) is 6.54 Å². The van der Waals surface area contributed by atoms with Crippen molar-refractivity contribution in [2.45, 2.75) is 45.4 Å².